The Morgan fingerprint density at radius 1 is 1.80 bits per heavy atom. The zero-order valence-electron chi connectivity index (χ0n) is 4.72. The second kappa shape index (κ2) is 2.56. The minimum absolute atomic E-state index is 0.0456. The van der Waals surface area contributed by atoms with Crippen LogP contribution < -0.4 is 5.11 Å². The molecule has 7 heteroatoms. The van der Waals surface area contributed by atoms with Crippen molar-refractivity contribution >= 4 is 18.6 Å². The zero-order chi connectivity index (χ0) is 7.56. The van der Waals surface area contributed by atoms with Crippen molar-refractivity contribution in [3.05, 3.63) is 0 Å². The molecule has 0 unspecified atom stereocenters. The molecular weight excluding hydrogens is 156 g/mol. The van der Waals surface area contributed by atoms with Crippen molar-refractivity contribution in [2.75, 3.05) is 0 Å². The van der Waals surface area contributed by atoms with Crippen LogP contribution in [0.4, 0.5) is 0 Å². The molecule has 54 valence electrons. The Hall–Kier alpha value is -1.24. The van der Waals surface area contributed by atoms with Crippen molar-refractivity contribution in [1.82, 2.24) is 20.2 Å². The summed E-state index contributed by atoms with van der Waals surface area (Å²) in [6, 6.07) is 0. The molecule has 0 aliphatic carbocycles. The van der Waals surface area contributed by atoms with Crippen molar-refractivity contribution in [2.24, 2.45) is 0 Å². The van der Waals surface area contributed by atoms with Crippen LogP contribution >= 0.6 is 0 Å². The number of nitrogens with zero attached hydrogens (tertiary/aromatic N) is 4. The molecule has 6 nitrogen and oxygen atoms in total. The van der Waals surface area contributed by atoms with Gasteiger partial charge in [0.05, 0.1) is 12.5 Å². The molecule has 1 aromatic heterocycles. The molecule has 0 bridgehead atoms. The van der Waals surface area contributed by atoms with Crippen molar-refractivity contribution in [3.8, 4) is 0 Å². The van der Waals surface area contributed by atoms with E-state index in [1.807, 2.05) is 0 Å². The molecular formula is C3H2N4O2S-2. The highest BCUT2D eigenvalue weighted by Gasteiger charge is 1.92. The molecule has 0 aromatic carbocycles. The number of carbonyl (C=O) groups is 1. The van der Waals surface area contributed by atoms with E-state index in [0.717, 1.165) is 4.68 Å². The monoisotopic (exact) mass is 158 g/mol. The molecule has 0 aliphatic heterocycles. The van der Waals surface area contributed by atoms with Crippen molar-refractivity contribution in [3.63, 3.8) is 0 Å². The lowest BCUT2D eigenvalue weighted by Gasteiger charge is -2.06. The fourth-order valence-electron chi connectivity index (χ4n) is 0.418. The summed E-state index contributed by atoms with van der Waals surface area (Å²) in [7, 11) is 0. The van der Waals surface area contributed by atoms with Crippen LogP contribution in [0.1, 0.15) is 0 Å². The predicted molar refractivity (Wildman–Crippen MR) is 28.5 cm³/mol. The van der Waals surface area contributed by atoms with E-state index in [0.29, 0.717) is 0 Å². The van der Waals surface area contributed by atoms with Crippen LogP contribution in [-0.2, 0) is 24.0 Å². The molecule has 0 N–H and O–H groups in total. The average Bonchev–Trinajstić information content (AvgIpc) is 2.15. The summed E-state index contributed by atoms with van der Waals surface area (Å²) in [5.41, 5.74) is 0. The number of hydrogen-bond acceptors (Lipinski definition) is 6. The number of carboxylic acids is 1. The number of rotatable bonds is 2. The van der Waals surface area contributed by atoms with E-state index in [1.54, 1.807) is 0 Å². The van der Waals surface area contributed by atoms with Crippen LogP contribution in [0.3, 0.4) is 0 Å². The number of aromatic nitrogens is 4. The molecule has 0 saturated carbocycles. The first-order valence-electron chi connectivity index (χ1n) is 2.33. The highest BCUT2D eigenvalue weighted by molar-refractivity contribution is 7.58. The van der Waals surface area contributed by atoms with Gasteiger partial charge in [0.1, 0.15) is 0 Å². The molecule has 10 heavy (non-hydrogen) atoms. The molecule has 1 heterocycles. The Labute approximate surface area is 61.3 Å². The maximum Gasteiger partial charge on any atom is 0.0822 e. The van der Waals surface area contributed by atoms with Crippen molar-refractivity contribution in [2.45, 2.75) is 11.7 Å². The molecule has 0 radical (unpaired) electrons. The lowest BCUT2D eigenvalue weighted by molar-refractivity contribution is -0.306. The van der Waals surface area contributed by atoms with Crippen LogP contribution in [-0.4, -0.2) is 26.2 Å². The van der Waals surface area contributed by atoms with Crippen LogP contribution in [0.5, 0.6) is 0 Å². The van der Waals surface area contributed by atoms with E-state index in [-0.39, 0.29) is 5.16 Å². The molecule has 0 fully saturated rings. The van der Waals surface area contributed by atoms with E-state index >= 15 is 0 Å². The third-order valence-corrected chi connectivity index (χ3v) is 1.07. The third-order valence-electron chi connectivity index (χ3n) is 0.778. The first-order valence-corrected chi connectivity index (χ1v) is 2.74. The van der Waals surface area contributed by atoms with Gasteiger partial charge in [0.2, 0.25) is 0 Å². The van der Waals surface area contributed by atoms with Gasteiger partial charge in [-0.3, -0.25) is 0 Å². The normalized spacial score (nSPS) is 9.60. The Morgan fingerprint density at radius 2 is 2.50 bits per heavy atom. The Morgan fingerprint density at radius 3 is 2.90 bits per heavy atom. The summed E-state index contributed by atoms with van der Waals surface area (Å²) >= 11 is 4.54. The standard InChI is InChI=1S/C3H4N4O2S/c8-2(9)1-7-3(10)4-5-6-7/h1H2,(H,8,9)(H,4,6,10)/p-2. The Bertz CT molecular complexity index is 246. The van der Waals surface area contributed by atoms with Gasteiger partial charge in [-0.15, -0.1) is 5.10 Å². The van der Waals surface area contributed by atoms with Gasteiger partial charge >= 0.3 is 0 Å². The van der Waals surface area contributed by atoms with Gasteiger partial charge in [-0.2, -0.15) is 0 Å². The first kappa shape index (κ1) is 6.87. The number of tetrazole rings is 1. The van der Waals surface area contributed by atoms with E-state index in [4.69, 9.17) is 0 Å². The number of carboxylic acid groups (broad SMARTS) is 1. The van der Waals surface area contributed by atoms with Crippen LogP contribution in [0.2, 0.25) is 0 Å². The molecule has 0 aliphatic rings. The molecule has 0 amide bonds. The van der Waals surface area contributed by atoms with Gasteiger partial charge in [0.15, 0.2) is 0 Å². The van der Waals surface area contributed by atoms with E-state index in [1.165, 1.54) is 0 Å². The average molecular weight is 158 g/mol. The highest BCUT2D eigenvalue weighted by atomic mass is 32.1. The lowest BCUT2D eigenvalue weighted by atomic mass is 10.7. The molecule has 0 spiro atoms. The summed E-state index contributed by atoms with van der Waals surface area (Å²) in [6.45, 7) is -0.397. The van der Waals surface area contributed by atoms with E-state index in [9.17, 15) is 9.90 Å². The molecule has 1 rings (SSSR count). The largest absolute Gasteiger partial charge is 0.739 e. The Balaban J connectivity index is 2.74. The van der Waals surface area contributed by atoms with Crippen LogP contribution in [0.25, 0.3) is 0 Å². The molecule has 1 aromatic rings. The molecule has 0 saturated heterocycles. The van der Waals surface area contributed by atoms with Crippen molar-refractivity contribution < 1.29 is 9.90 Å². The number of carbonyl (C=O) groups excluding carboxylic acids is 1. The zero-order valence-corrected chi connectivity index (χ0v) is 5.54. The topological polar surface area (TPSA) is 83.7 Å². The lowest BCUT2D eigenvalue weighted by Crippen LogP contribution is -2.28. The number of aliphatic carboxylic acids is 1. The first-order chi connectivity index (χ1) is 4.70. The van der Waals surface area contributed by atoms with Gasteiger partial charge in [0, 0.05) is 5.16 Å². The van der Waals surface area contributed by atoms with E-state index in [2.05, 4.69) is 28.2 Å². The van der Waals surface area contributed by atoms with E-state index < -0.39 is 12.5 Å². The summed E-state index contributed by atoms with van der Waals surface area (Å²) in [5.74, 6) is -1.27. The second-order valence-corrected chi connectivity index (χ2v) is 1.86. The SMILES string of the molecule is O=C([O-])Cn1nnnc1[S-]. The summed E-state index contributed by atoms with van der Waals surface area (Å²) in [6.07, 6.45) is 0. The highest BCUT2D eigenvalue weighted by Crippen LogP contribution is 1.86. The van der Waals surface area contributed by atoms with Gasteiger partial charge in [-0.25, -0.2) is 4.68 Å². The van der Waals surface area contributed by atoms with Gasteiger partial charge < -0.3 is 22.5 Å². The quantitative estimate of drug-likeness (QED) is 0.436. The maximum absolute atomic E-state index is 9.95. The van der Waals surface area contributed by atoms with Crippen LogP contribution in [0.15, 0.2) is 5.16 Å². The van der Waals surface area contributed by atoms with Crippen LogP contribution in [0, 0.1) is 0 Å². The predicted octanol–water partition coefficient (Wildman–Crippen LogP) is -2.67. The second-order valence-electron chi connectivity index (χ2n) is 1.49. The smallest absolute Gasteiger partial charge is 0.0822 e. The fraction of sp³-hybridized carbons (Fsp3) is 0.333. The molecule has 0 atom stereocenters. The third kappa shape index (κ3) is 1.38. The van der Waals surface area contributed by atoms with Gasteiger partial charge in [-0.05, 0) is 10.4 Å². The summed E-state index contributed by atoms with van der Waals surface area (Å²) in [4.78, 5) is 9.95. The number of hydrogen-bond donors (Lipinski definition) is 0. The van der Waals surface area contributed by atoms with Gasteiger partial charge in [0.25, 0.3) is 0 Å². The summed E-state index contributed by atoms with van der Waals surface area (Å²) in [5, 5.41) is 19.7. The maximum atomic E-state index is 9.95. The Kier molecular flexibility index (Phi) is 1.76. The minimum Gasteiger partial charge on any atom is -0.739 e. The minimum atomic E-state index is -1.27. The van der Waals surface area contributed by atoms with Crippen molar-refractivity contribution in [1.29, 1.82) is 0 Å². The van der Waals surface area contributed by atoms with Gasteiger partial charge in [-0.1, -0.05) is 0 Å². The fourth-order valence-corrected chi connectivity index (χ4v) is 0.556. The summed E-state index contributed by atoms with van der Waals surface area (Å²) < 4.78 is 0.963.